The van der Waals surface area contributed by atoms with Crippen molar-refractivity contribution in [2.24, 2.45) is 0 Å². The predicted octanol–water partition coefficient (Wildman–Crippen LogP) is 3.22. The molecule has 1 heterocycles. The SMILES string of the molecule is COc1cccc(C2/C(=C(\O)c3cc(F)ccc3OC)C(=O)C(=O)N2CCCN(C)C)c1. The predicted molar refractivity (Wildman–Crippen MR) is 118 cm³/mol. The van der Waals surface area contributed by atoms with E-state index in [1.54, 1.807) is 24.3 Å². The van der Waals surface area contributed by atoms with E-state index in [9.17, 15) is 19.1 Å². The molecule has 1 aliphatic heterocycles. The molecule has 0 bridgehead atoms. The Morgan fingerprint density at radius 2 is 1.88 bits per heavy atom. The summed E-state index contributed by atoms with van der Waals surface area (Å²) in [4.78, 5) is 29.5. The summed E-state index contributed by atoms with van der Waals surface area (Å²) in [5, 5.41) is 11.1. The molecule has 0 aliphatic carbocycles. The summed E-state index contributed by atoms with van der Waals surface area (Å²) >= 11 is 0. The van der Waals surface area contributed by atoms with Gasteiger partial charge in [0.1, 0.15) is 23.1 Å². The van der Waals surface area contributed by atoms with Crippen molar-refractivity contribution in [1.29, 1.82) is 0 Å². The molecule has 1 atom stereocenters. The van der Waals surface area contributed by atoms with Gasteiger partial charge in [0.15, 0.2) is 0 Å². The Labute approximate surface area is 186 Å². The van der Waals surface area contributed by atoms with Gasteiger partial charge in [0.2, 0.25) is 0 Å². The van der Waals surface area contributed by atoms with Gasteiger partial charge in [-0.2, -0.15) is 0 Å². The molecule has 1 saturated heterocycles. The first-order valence-corrected chi connectivity index (χ1v) is 10.2. The minimum Gasteiger partial charge on any atom is -0.507 e. The largest absolute Gasteiger partial charge is 0.507 e. The molecule has 1 aliphatic rings. The number of amides is 1. The zero-order valence-corrected chi connectivity index (χ0v) is 18.6. The van der Waals surface area contributed by atoms with Gasteiger partial charge in [-0.1, -0.05) is 12.1 Å². The number of aliphatic hydroxyl groups excluding tert-OH is 1. The lowest BCUT2D eigenvalue weighted by Crippen LogP contribution is -2.32. The number of Topliss-reactive ketones (excluding diaryl/α,β-unsaturated/α-hetero) is 1. The molecule has 7 nitrogen and oxygen atoms in total. The van der Waals surface area contributed by atoms with Crippen molar-refractivity contribution in [2.75, 3.05) is 41.4 Å². The lowest BCUT2D eigenvalue weighted by Gasteiger charge is -2.26. The summed E-state index contributed by atoms with van der Waals surface area (Å²) in [7, 11) is 6.74. The molecule has 0 aromatic heterocycles. The van der Waals surface area contributed by atoms with Gasteiger partial charge < -0.3 is 24.4 Å². The number of halogens is 1. The zero-order chi connectivity index (χ0) is 23.4. The average molecular weight is 442 g/mol. The van der Waals surface area contributed by atoms with E-state index in [-0.39, 0.29) is 16.9 Å². The van der Waals surface area contributed by atoms with E-state index in [0.717, 1.165) is 6.07 Å². The molecule has 170 valence electrons. The number of nitrogens with zero attached hydrogens (tertiary/aromatic N) is 2. The van der Waals surface area contributed by atoms with Crippen molar-refractivity contribution in [2.45, 2.75) is 12.5 Å². The highest BCUT2D eigenvalue weighted by Crippen LogP contribution is 2.41. The smallest absolute Gasteiger partial charge is 0.295 e. The maximum absolute atomic E-state index is 14.0. The monoisotopic (exact) mass is 442 g/mol. The van der Waals surface area contributed by atoms with E-state index < -0.39 is 29.3 Å². The number of hydrogen-bond donors (Lipinski definition) is 1. The molecular formula is C24H27FN2O5. The van der Waals surface area contributed by atoms with Crippen LogP contribution in [0.4, 0.5) is 4.39 Å². The first-order valence-electron chi connectivity index (χ1n) is 10.2. The van der Waals surface area contributed by atoms with Gasteiger partial charge in [0.25, 0.3) is 11.7 Å². The van der Waals surface area contributed by atoms with E-state index in [1.165, 1.54) is 31.3 Å². The van der Waals surface area contributed by atoms with Gasteiger partial charge >= 0.3 is 0 Å². The van der Waals surface area contributed by atoms with Crippen LogP contribution < -0.4 is 9.47 Å². The highest BCUT2D eigenvalue weighted by atomic mass is 19.1. The molecule has 1 fully saturated rings. The second-order valence-corrected chi connectivity index (χ2v) is 7.77. The van der Waals surface area contributed by atoms with Crippen LogP contribution in [0.2, 0.25) is 0 Å². The molecule has 0 radical (unpaired) electrons. The second kappa shape index (κ2) is 9.82. The summed E-state index contributed by atoms with van der Waals surface area (Å²) < 4.78 is 24.5. The summed E-state index contributed by atoms with van der Waals surface area (Å²) in [6.45, 7) is 1.02. The third-order valence-electron chi connectivity index (χ3n) is 5.37. The van der Waals surface area contributed by atoms with Gasteiger partial charge in [-0.25, -0.2) is 4.39 Å². The van der Waals surface area contributed by atoms with Crippen LogP contribution in [0, 0.1) is 5.82 Å². The highest BCUT2D eigenvalue weighted by molar-refractivity contribution is 6.46. The fraction of sp³-hybridized carbons (Fsp3) is 0.333. The maximum Gasteiger partial charge on any atom is 0.295 e. The van der Waals surface area contributed by atoms with Crippen molar-refractivity contribution in [1.82, 2.24) is 9.80 Å². The van der Waals surface area contributed by atoms with Gasteiger partial charge in [-0.05, 0) is 63.0 Å². The normalized spacial score (nSPS) is 17.8. The van der Waals surface area contributed by atoms with Gasteiger partial charge in [-0.3, -0.25) is 9.59 Å². The number of likely N-dealkylation sites (tertiary alicyclic amines) is 1. The van der Waals surface area contributed by atoms with Crippen molar-refractivity contribution in [3.63, 3.8) is 0 Å². The van der Waals surface area contributed by atoms with Crippen molar-refractivity contribution in [3.05, 3.63) is 65.0 Å². The summed E-state index contributed by atoms with van der Waals surface area (Å²) in [6, 6.07) is 9.75. The fourth-order valence-electron chi connectivity index (χ4n) is 3.84. The number of carbonyl (C=O) groups is 2. The van der Waals surface area contributed by atoms with Crippen LogP contribution in [0.5, 0.6) is 11.5 Å². The van der Waals surface area contributed by atoms with E-state index in [4.69, 9.17) is 9.47 Å². The molecular weight excluding hydrogens is 415 g/mol. The number of aliphatic hydroxyl groups is 1. The lowest BCUT2D eigenvalue weighted by molar-refractivity contribution is -0.139. The maximum atomic E-state index is 14.0. The number of ether oxygens (including phenoxy) is 2. The Morgan fingerprint density at radius 1 is 1.12 bits per heavy atom. The Bertz CT molecular complexity index is 1050. The Hall–Kier alpha value is -3.39. The third kappa shape index (κ3) is 4.60. The van der Waals surface area contributed by atoms with Crippen LogP contribution >= 0.6 is 0 Å². The van der Waals surface area contributed by atoms with Crippen LogP contribution in [0.15, 0.2) is 48.0 Å². The van der Waals surface area contributed by atoms with Crippen molar-refractivity contribution in [3.8, 4) is 11.5 Å². The molecule has 32 heavy (non-hydrogen) atoms. The molecule has 1 amide bonds. The van der Waals surface area contributed by atoms with E-state index in [0.29, 0.717) is 30.8 Å². The van der Waals surface area contributed by atoms with E-state index in [1.807, 2.05) is 19.0 Å². The number of rotatable bonds is 8. The average Bonchev–Trinajstić information content (AvgIpc) is 3.03. The molecule has 8 heteroatoms. The van der Waals surface area contributed by atoms with Crippen molar-refractivity contribution >= 4 is 17.4 Å². The number of methoxy groups -OCH3 is 2. The third-order valence-corrected chi connectivity index (χ3v) is 5.37. The Kier molecular flexibility index (Phi) is 7.15. The Balaban J connectivity index is 2.17. The molecule has 1 N–H and O–H groups in total. The second-order valence-electron chi connectivity index (χ2n) is 7.77. The number of benzene rings is 2. The molecule has 2 aromatic carbocycles. The number of ketones is 1. The highest BCUT2D eigenvalue weighted by Gasteiger charge is 2.46. The van der Waals surface area contributed by atoms with Crippen molar-refractivity contribution < 1.29 is 28.6 Å². The van der Waals surface area contributed by atoms with Crippen LogP contribution in [0.25, 0.3) is 5.76 Å². The fourth-order valence-corrected chi connectivity index (χ4v) is 3.84. The van der Waals surface area contributed by atoms with Crippen LogP contribution in [-0.4, -0.2) is 68.0 Å². The zero-order valence-electron chi connectivity index (χ0n) is 18.6. The van der Waals surface area contributed by atoms with Gasteiger partial charge in [0.05, 0.1) is 31.4 Å². The molecule has 0 saturated carbocycles. The molecule has 3 rings (SSSR count). The minimum atomic E-state index is -0.847. The first-order chi connectivity index (χ1) is 15.3. The van der Waals surface area contributed by atoms with Gasteiger partial charge in [-0.15, -0.1) is 0 Å². The molecule has 1 unspecified atom stereocenters. The Morgan fingerprint density at radius 3 is 2.53 bits per heavy atom. The first kappa shape index (κ1) is 23.3. The standard InChI is InChI=1S/C24H27FN2O5/c1-26(2)11-6-12-27-21(15-7-5-8-17(13-15)31-3)20(23(29)24(27)30)22(28)18-14-16(25)9-10-19(18)32-4/h5,7-10,13-14,21,28H,6,11-12H2,1-4H3/b22-20+. The van der Waals surface area contributed by atoms with Crippen LogP contribution in [0.1, 0.15) is 23.6 Å². The minimum absolute atomic E-state index is 0.00619. The van der Waals surface area contributed by atoms with Crippen LogP contribution in [0.3, 0.4) is 0 Å². The summed E-state index contributed by atoms with van der Waals surface area (Å²) in [5.41, 5.74) is 0.494. The topological polar surface area (TPSA) is 79.3 Å². The summed E-state index contributed by atoms with van der Waals surface area (Å²) in [6.07, 6.45) is 0.629. The quantitative estimate of drug-likeness (QED) is 0.384. The lowest BCUT2D eigenvalue weighted by atomic mass is 9.94. The van der Waals surface area contributed by atoms with Gasteiger partial charge in [0, 0.05) is 6.54 Å². The summed E-state index contributed by atoms with van der Waals surface area (Å²) in [5.74, 6) is -1.90. The van der Waals surface area contributed by atoms with Crippen LogP contribution in [-0.2, 0) is 9.59 Å². The van der Waals surface area contributed by atoms with E-state index in [2.05, 4.69) is 0 Å². The number of carbonyl (C=O) groups excluding carboxylic acids is 2. The van der Waals surface area contributed by atoms with E-state index >= 15 is 0 Å². The number of hydrogen-bond acceptors (Lipinski definition) is 6. The molecule has 0 spiro atoms. The molecule has 2 aromatic rings.